The highest BCUT2D eigenvalue weighted by Crippen LogP contribution is 2.40. The number of amides is 1. The summed E-state index contributed by atoms with van der Waals surface area (Å²) in [6, 6.07) is 9.34. The minimum atomic E-state index is -1.15. The Morgan fingerprint density at radius 1 is 1.38 bits per heavy atom. The summed E-state index contributed by atoms with van der Waals surface area (Å²) >= 11 is 0. The number of hydrogen-bond acceptors (Lipinski definition) is 3. The average Bonchev–Trinajstić information content (AvgIpc) is 2.87. The van der Waals surface area contributed by atoms with E-state index in [4.69, 9.17) is 4.74 Å². The number of hydrogen-bond donors (Lipinski definition) is 1. The van der Waals surface area contributed by atoms with Crippen LogP contribution in [-0.2, 0) is 16.1 Å². The normalized spacial score (nSPS) is 24.6. The number of carboxylic acid groups (broad SMARTS) is 1. The second-order valence-electron chi connectivity index (χ2n) is 5.62. The Labute approximate surface area is 124 Å². The number of carboxylic acids is 1. The number of nitrogens with zero attached hydrogens (tertiary/aromatic N) is 1. The van der Waals surface area contributed by atoms with Crippen LogP contribution in [0.2, 0.25) is 0 Å². The SMILES string of the molecule is CC1CCCC1(C(=O)O)N(C)C(=O)OCc1ccccc1. The van der Waals surface area contributed by atoms with Crippen LogP contribution in [0.15, 0.2) is 30.3 Å². The highest BCUT2D eigenvalue weighted by molar-refractivity contribution is 5.85. The first-order valence-electron chi connectivity index (χ1n) is 7.16. The van der Waals surface area contributed by atoms with Crippen LogP contribution in [0.1, 0.15) is 31.7 Å². The molecule has 1 aromatic carbocycles. The van der Waals surface area contributed by atoms with Crippen LogP contribution in [0, 0.1) is 5.92 Å². The van der Waals surface area contributed by atoms with Gasteiger partial charge in [0, 0.05) is 7.05 Å². The molecule has 21 heavy (non-hydrogen) atoms. The van der Waals surface area contributed by atoms with Gasteiger partial charge in [-0.1, -0.05) is 43.7 Å². The average molecular weight is 291 g/mol. The van der Waals surface area contributed by atoms with E-state index < -0.39 is 17.6 Å². The minimum absolute atomic E-state index is 0.0794. The number of benzene rings is 1. The number of aliphatic carboxylic acids is 1. The summed E-state index contributed by atoms with van der Waals surface area (Å²) < 4.78 is 5.25. The molecule has 1 amide bonds. The molecule has 0 aromatic heterocycles. The zero-order valence-corrected chi connectivity index (χ0v) is 12.4. The summed E-state index contributed by atoms with van der Waals surface area (Å²) in [7, 11) is 1.52. The molecular formula is C16H21NO4. The zero-order chi connectivity index (χ0) is 15.5. The molecule has 5 nitrogen and oxygen atoms in total. The lowest BCUT2D eigenvalue weighted by atomic mass is 9.87. The number of carbonyl (C=O) groups is 2. The van der Waals surface area contributed by atoms with Crippen molar-refractivity contribution in [2.24, 2.45) is 5.92 Å². The van der Waals surface area contributed by atoms with E-state index in [0.717, 1.165) is 18.4 Å². The lowest BCUT2D eigenvalue weighted by Crippen LogP contribution is -2.57. The van der Waals surface area contributed by atoms with Crippen molar-refractivity contribution in [3.05, 3.63) is 35.9 Å². The first kappa shape index (κ1) is 15.4. The van der Waals surface area contributed by atoms with Crippen LogP contribution in [0.4, 0.5) is 4.79 Å². The molecule has 0 bridgehead atoms. The molecule has 0 radical (unpaired) electrons. The molecule has 0 heterocycles. The van der Waals surface area contributed by atoms with Crippen molar-refractivity contribution in [3.63, 3.8) is 0 Å². The summed E-state index contributed by atoms with van der Waals surface area (Å²) in [5.74, 6) is -1.03. The molecule has 1 aliphatic carbocycles. The summed E-state index contributed by atoms with van der Waals surface area (Å²) in [5, 5.41) is 9.59. The molecule has 5 heteroatoms. The molecule has 1 fully saturated rings. The second kappa shape index (κ2) is 6.16. The van der Waals surface area contributed by atoms with Crippen LogP contribution in [0.25, 0.3) is 0 Å². The number of likely N-dealkylation sites (N-methyl/N-ethyl adjacent to an activating group) is 1. The Morgan fingerprint density at radius 3 is 2.57 bits per heavy atom. The van der Waals surface area contributed by atoms with Gasteiger partial charge in [-0.05, 0) is 24.3 Å². The Hall–Kier alpha value is -2.04. The van der Waals surface area contributed by atoms with Crippen molar-refractivity contribution in [1.29, 1.82) is 0 Å². The van der Waals surface area contributed by atoms with Gasteiger partial charge in [0.2, 0.25) is 0 Å². The Kier molecular flexibility index (Phi) is 4.50. The standard InChI is InChI=1S/C16H21NO4/c1-12-7-6-10-16(12,14(18)19)17(2)15(20)21-11-13-8-4-3-5-9-13/h3-5,8-9,12H,6-7,10-11H2,1-2H3,(H,18,19). The minimum Gasteiger partial charge on any atom is -0.479 e. The highest BCUT2D eigenvalue weighted by atomic mass is 16.6. The highest BCUT2D eigenvalue weighted by Gasteiger charge is 2.52. The largest absolute Gasteiger partial charge is 0.479 e. The molecule has 0 saturated heterocycles. The van der Waals surface area contributed by atoms with Gasteiger partial charge < -0.3 is 9.84 Å². The van der Waals surface area contributed by atoms with E-state index in [1.807, 2.05) is 37.3 Å². The van der Waals surface area contributed by atoms with Crippen LogP contribution < -0.4 is 0 Å². The van der Waals surface area contributed by atoms with Gasteiger partial charge in [-0.3, -0.25) is 4.90 Å². The maximum Gasteiger partial charge on any atom is 0.410 e. The maximum absolute atomic E-state index is 12.2. The first-order valence-corrected chi connectivity index (χ1v) is 7.16. The predicted octanol–water partition coefficient (Wildman–Crippen LogP) is 2.90. The summed E-state index contributed by atoms with van der Waals surface area (Å²) in [4.78, 5) is 25.2. The Bertz CT molecular complexity index is 516. The van der Waals surface area contributed by atoms with Crippen molar-refractivity contribution in [2.45, 2.75) is 38.3 Å². The second-order valence-corrected chi connectivity index (χ2v) is 5.62. The van der Waals surface area contributed by atoms with Gasteiger partial charge in [-0.2, -0.15) is 0 Å². The fourth-order valence-electron chi connectivity index (χ4n) is 3.10. The van der Waals surface area contributed by atoms with Crippen molar-refractivity contribution < 1.29 is 19.4 Å². The van der Waals surface area contributed by atoms with Gasteiger partial charge in [0.1, 0.15) is 12.1 Å². The van der Waals surface area contributed by atoms with E-state index in [0.29, 0.717) is 6.42 Å². The molecule has 1 aromatic rings. The van der Waals surface area contributed by atoms with E-state index in [1.165, 1.54) is 11.9 Å². The van der Waals surface area contributed by atoms with Crippen molar-refractivity contribution >= 4 is 12.1 Å². The van der Waals surface area contributed by atoms with Gasteiger partial charge in [-0.15, -0.1) is 0 Å². The molecule has 0 spiro atoms. The molecule has 2 unspecified atom stereocenters. The topological polar surface area (TPSA) is 66.8 Å². The zero-order valence-electron chi connectivity index (χ0n) is 12.4. The van der Waals surface area contributed by atoms with Gasteiger partial charge in [0.15, 0.2) is 0 Å². The van der Waals surface area contributed by atoms with E-state index in [-0.39, 0.29) is 12.5 Å². The molecule has 114 valence electrons. The molecule has 0 aliphatic heterocycles. The van der Waals surface area contributed by atoms with Gasteiger partial charge in [-0.25, -0.2) is 9.59 Å². The quantitative estimate of drug-likeness (QED) is 0.926. The molecule has 2 rings (SSSR count). The molecule has 1 N–H and O–H groups in total. The van der Waals surface area contributed by atoms with E-state index >= 15 is 0 Å². The molecule has 1 saturated carbocycles. The van der Waals surface area contributed by atoms with Crippen molar-refractivity contribution in [3.8, 4) is 0 Å². The third-order valence-electron chi connectivity index (χ3n) is 4.46. The fraction of sp³-hybridized carbons (Fsp3) is 0.500. The number of ether oxygens (including phenoxy) is 1. The maximum atomic E-state index is 12.2. The predicted molar refractivity (Wildman–Crippen MR) is 77.8 cm³/mol. The lowest BCUT2D eigenvalue weighted by molar-refractivity contribution is -0.152. The third-order valence-corrected chi connectivity index (χ3v) is 4.46. The summed E-state index contributed by atoms with van der Waals surface area (Å²) in [5.41, 5.74) is -0.267. The lowest BCUT2D eigenvalue weighted by Gasteiger charge is -2.37. The van der Waals surface area contributed by atoms with Gasteiger partial charge in [0.25, 0.3) is 0 Å². The van der Waals surface area contributed by atoms with Crippen molar-refractivity contribution in [1.82, 2.24) is 4.90 Å². The van der Waals surface area contributed by atoms with E-state index in [9.17, 15) is 14.7 Å². The van der Waals surface area contributed by atoms with E-state index in [1.54, 1.807) is 0 Å². The van der Waals surface area contributed by atoms with Gasteiger partial charge in [0.05, 0.1) is 0 Å². The molecular weight excluding hydrogens is 270 g/mol. The van der Waals surface area contributed by atoms with Crippen LogP contribution in [-0.4, -0.2) is 34.7 Å². The first-order chi connectivity index (χ1) is 9.98. The van der Waals surface area contributed by atoms with Crippen LogP contribution in [0.3, 0.4) is 0 Å². The smallest absolute Gasteiger partial charge is 0.410 e. The van der Waals surface area contributed by atoms with Crippen LogP contribution in [0.5, 0.6) is 0 Å². The molecule has 1 aliphatic rings. The monoisotopic (exact) mass is 291 g/mol. The third kappa shape index (κ3) is 2.86. The summed E-state index contributed by atoms with van der Waals surface area (Å²) in [6.07, 6.45) is 1.50. The van der Waals surface area contributed by atoms with Gasteiger partial charge >= 0.3 is 12.1 Å². The van der Waals surface area contributed by atoms with E-state index in [2.05, 4.69) is 0 Å². The van der Waals surface area contributed by atoms with Crippen LogP contribution >= 0.6 is 0 Å². The molecule has 2 atom stereocenters. The number of carbonyl (C=O) groups excluding carboxylic acids is 1. The Balaban J connectivity index is 2.05. The summed E-state index contributed by atoms with van der Waals surface area (Å²) in [6.45, 7) is 2.02. The fourth-order valence-corrected chi connectivity index (χ4v) is 3.10. The van der Waals surface area contributed by atoms with Crippen molar-refractivity contribution in [2.75, 3.05) is 7.05 Å². The Morgan fingerprint density at radius 2 is 2.05 bits per heavy atom. The number of rotatable bonds is 4.